The molecule has 59 heavy (non-hydrogen) atoms. The van der Waals surface area contributed by atoms with Crippen LogP contribution in [-0.2, 0) is 22.6 Å². The van der Waals surface area contributed by atoms with E-state index in [4.69, 9.17) is 9.47 Å². The van der Waals surface area contributed by atoms with Crippen molar-refractivity contribution in [2.45, 2.75) is 87.7 Å². The molecule has 308 valence electrons. The molecule has 9 rings (SSSR count). The lowest BCUT2D eigenvalue weighted by Crippen LogP contribution is -2.53. The number of carbonyl (C=O) groups is 3. The van der Waals surface area contributed by atoms with Crippen molar-refractivity contribution in [1.29, 1.82) is 0 Å². The van der Waals surface area contributed by atoms with Gasteiger partial charge >= 0.3 is 6.61 Å². The predicted octanol–water partition coefficient (Wildman–Crippen LogP) is 6.10. The topological polar surface area (TPSA) is 132 Å². The van der Waals surface area contributed by atoms with Crippen LogP contribution in [0.2, 0.25) is 0 Å². The van der Waals surface area contributed by atoms with Crippen LogP contribution in [0, 0.1) is 0 Å². The number of imide groups is 1. The molecular formula is C46H48F2N4O7. The summed E-state index contributed by atoms with van der Waals surface area (Å²) < 4.78 is 38.2. The number of phenolic OH excluding ortho intramolecular Hbond substituents is 1. The second-order valence-electron chi connectivity index (χ2n) is 16.7. The number of fused-ring (bicyclic) bond motifs is 2. The largest absolute Gasteiger partial charge is 0.508 e. The summed E-state index contributed by atoms with van der Waals surface area (Å²) in [6, 6.07) is 27.1. The molecule has 0 bridgehead atoms. The summed E-state index contributed by atoms with van der Waals surface area (Å²) in [5.74, 6) is -0.223. The third-order valence-corrected chi connectivity index (χ3v) is 13.0. The van der Waals surface area contributed by atoms with Crippen LogP contribution in [0.1, 0.15) is 88.5 Å². The van der Waals surface area contributed by atoms with Crippen molar-refractivity contribution in [3.63, 3.8) is 0 Å². The van der Waals surface area contributed by atoms with Gasteiger partial charge in [-0.3, -0.25) is 24.6 Å². The summed E-state index contributed by atoms with van der Waals surface area (Å²) in [5, 5.41) is 23.8. The summed E-state index contributed by atoms with van der Waals surface area (Å²) in [5.41, 5.74) is 5.31. The lowest BCUT2D eigenvalue weighted by molar-refractivity contribution is -0.137. The number of nitrogens with zero attached hydrogens (tertiary/aromatic N) is 3. The number of piperidine rings is 1. The highest BCUT2D eigenvalue weighted by atomic mass is 19.3. The SMILES string of the molecule is O=C1CCC(N2Cc3cc(N4CCN(CCC5(O)CC(Oc6ccc([C@@H]7c8ccc(O)cc8CC[C@@H]7c7ccccc7)cc6)C5)CC4)cc(OC(F)F)c3C2=O)C(=O)N1. The molecule has 3 fully saturated rings. The average molecular weight is 807 g/mol. The normalized spacial score (nSPS) is 25.7. The number of nitrogens with one attached hydrogen (secondary N) is 1. The molecule has 3 atom stereocenters. The van der Waals surface area contributed by atoms with Crippen LogP contribution in [0.4, 0.5) is 14.5 Å². The van der Waals surface area contributed by atoms with E-state index < -0.39 is 36.0 Å². The molecular weight excluding hydrogens is 759 g/mol. The molecule has 1 saturated carbocycles. The Bertz CT molecular complexity index is 2220. The van der Waals surface area contributed by atoms with Gasteiger partial charge in [0.05, 0.1) is 11.2 Å². The Balaban J connectivity index is 0.780. The molecule has 0 aromatic heterocycles. The number of aromatic hydroxyl groups is 1. The van der Waals surface area contributed by atoms with Gasteiger partial charge in [-0.25, -0.2) is 0 Å². The second kappa shape index (κ2) is 15.9. The van der Waals surface area contributed by atoms with Gasteiger partial charge in [0.2, 0.25) is 11.8 Å². The summed E-state index contributed by atoms with van der Waals surface area (Å²) in [4.78, 5) is 43.3. The van der Waals surface area contributed by atoms with Crippen molar-refractivity contribution >= 4 is 23.4 Å². The highest BCUT2D eigenvalue weighted by Gasteiger charge is 2.45. The second-order valence-corrected chi connectivity index (χ2v) is 16.7. The van der Waals surface area contributed by atoms with Gasteiger partial charge in [0.25, 0.3) is 5.91 Å². The molecule has 3 heterocycles. The summed E-state index contributed by atoms with van der Waals surface area (Å²) >= 11 is 0. The number of aryl methyl sites for hydroxylation is 1. The van der Waals surface area contributed by atoms with Crippen molar-refractivity contribution in [2.24, 2.45) is 0 Å². The minimum absolute atomic E-state index is 0.0237. The Morgan fingerprint density at radius 3 is 2.34 bits per heavy atom. The van der Waals surface area contributed by atoms with Gasteiger partial charge < -0.3 is 29.5 Å². The number of aliphatic hydroxyl groups is 1. The molecule has 3 aliphatic heterocycles. The maximum Gasteiger partial charge on any atom is 0.387 e. The number of anilines is 1. The number of carbonyl (C=O) groups excluding carboxylic acids is 3. The van der Waals surface area contributed by atoms with E-state index in [2.05, 4.69) is 57.6 Å². The van der Waals surface area contributed by atoms with Crippen LogP contribution in [0.5, 0.6) is 17.2 Å². The lowest BCUT2D eigenvalue weighted by Gasteiger charge is -2.45. The van der Waals surface area contributed by atoms with E-state index in [9.17, 15) is 33.4 Å². The molecule has 0 radical (unpaired) electrons. The van der Waals surface area contributed by atoms with Crippen molar-refractivity contribution in [2.75, 3.05) is 37.6 Å². The van der Waals surface area contributed by atoms with Gasteiger partial charge in [-0.05, 0) is 89.8 Å². The monoisotopic (exact) mass is 806 g/mol. The maximum absolute atomic E-state index is 13.5. The highest BCUT2D eigenvalue weighted by Crippen LogP contribution is 2.47. The Morgan fingerprint density at radius 1 is 0.847 bits per heavy atom. The molecule has 5 aliphatic rings. The van der Waals surface area contributed by atoms with Crippen LogP contribution < -0.4 is 19.7 Å². The zero-order valence-electron chi connectivity index (χ0n) is 32.7. The predicted molar refractivity (Wildman–Crippen MR) is 215 cm³/mol. The van der Waals surface area contributed by atoms with Gasteiger partial charge in [0.1, 0.15) is 29.4 Å². The quantitative estimate of drug-likeness (QED) is 0.154. The molecule has 4 aromatic rings. The Hall–Kier alpha value is -5.53. The van der Waals surface area contributed by atoms with Crippen molar-refractivity contribution in [3.05, 3.63) is 118 Å². The molecule has 2 saturated heterocycles. The van der Waals surface area contributed by atoms with E-state index in [1.54, 1.807) is 12.1 Å². The fraction of sp³-hybridized carbons (Fsp3) is 0.413. The third kappa shape index (κ3) is 7.97. The molecule has 2 aliphatic carbocycles. The maximum atomic E-state index is 13.5. The van der Waals surface area contributed by atoms with Gasteiger partial charge in [-0.15, -0.1) is 0 Å². The minimum atomic E-state index is -3.14. The van der Waals surface area contributed by atoms with Crippen LogP contribution in [0.15, 0.2) is 84.9 Å². The van der Waals surface area contributed by atoms with Crippen molar-refractivity contribution in [1.82, 2.24) is 15.1 Å². The van der Waals surface area contributed by atoms with Gasteiger partial charge in [0.15, 0.2) is 0 Å². The first-order chi connectivity index (χ1) is 28.5. The number of benzene rings is 4. The molecule has 0 spiro atoms. The summed E-state index contributed by atoms with van der Waals surface area (Å²) in [6.45, 7) is 0.237. The molecule has 3 amide bonds. The smallest absolute Gasteiger partial charge is 0.387 e. The van der Waals surface area contributed by atoms with Crippen LogP contribution in [-0.4, -0.2) is 94.8 Å². The molecule has 3 N–H and O–H groups in total. The summed E-state index contributed by atoms with van der Waals surface area (Å²) in [7, 11) is 0. The third-order valence-electron chi connectivity index (χ3n) is 13.0. The zero-order valence-corrected chi connectivity index (χ0v) is 32.7. The van der Waals surface area contributed by atoms with Crippen LogP contribution in [0.25, 0.3) is 0 Å². The fourth-order valence-electron chi connectivity index (χ4n) is 9.92. The van der Waals surface area contributed by atoms with Gasteiger partial charge in [0, 0.05) is 76.2 Å². The van der Waals surface area contributed by atoms with E-state index in [1.165, 1.54) is 33.2 Å². The van der Waals surface area contributed by atoms with Crippen LogP contribution in [0.3, 0.4) is 0 Å². The van der Waals surface area contributed by atoms with Crippen molar-refractivity contribution < 1.29 is 42.9 Å². The Morgan fingerprint density at radius 2 is 1.61 bits per heavy atom. The number of ether oxygens (including phenoxy) is 2. The number of hydrogen-bond donors (Lipinski definition) is 3. The average Bonchev–Trinajstić information content (AvgIpc) is 3.55. The Labute approximate surface area is 341 Å². The standard InChI is InChI=1S/C46H48F2N4O7/c47-45(48)59-39-24-32(22-31-27-52(44(56)42(31)39)38-14-15-40(54)49-43(38)55)51-20-18-50(19-21-51)17-16-46(57)25-35(26-46)58-34-10-6-29(7-11-34)41-36(28-4-2-1-3-5-28)12-8-30-23-33(53)9-13-37(30)41/h1-7,9-11,13,22-24,35-36,38,41,45,53,57H,8,12,14-21,25-27H2,(H,49,54,55)/t35?,36-,38?,41+,46?/m1/s1. The number of rotatable bonds is 11. The van der Waals surface area contributed by atoms with Crippen LogP contribution >= 0.6 is 0 Å². The summed E-state index contributed by atoms with van der Waals surface area (Å²) in [6.07, 6.45) is 3.77. The van der Waals surface area contributed by atoms with E-state index in [1.807, 2.05) is 24.3 Å². The first-order valence-corrected chi connectivity index (χ1v) is 20.6. The first-order valence-electron chi connectivity index (χ1n) is 20.6. The van der Waals surface area contributed by atoms with Gasteiger partial charge in [-0.1, -0.05) is 48.5 Å². The minimum Gasteiger partial charge on any atom is -0.508 e. The molecule has 11 nitrogen and oxygen atoms in total. The number of halogens is 2. The number of hydrogen-bond acceptors (Lipinski definition) is 9. The van der Waals surface area contributed by atoms with E-state index in [0.29, 0.717) is 74.9 Å². The molecule has 13 heteroatoms. The van der Waals surface area contributed by atoms with E-state index in [0.717, 1.165) is 18.6 Å². The van der Waals surface area contributed by atoms with Crippen molar-refractivity contribution in [3.8, 4) is 17.2 Å². The first kappa shape index (κ1) is 39.0. The molecule has 1 unspecified atom stereocenters. The molecule has 4 aromatic carbocycles. The lowest BCUT2D eigenvalue weighted by atomic mass is 9.69. The van der Waals surface area contributed by atoms with E-state index >= 15 is 0 Å². The number of amides is 3. The fourth-order valence-corrected chi connectivity index (χ4v) is 9.92. The number of phenols is 1. The van der Waals surface area contributed by atoms with E-state index in [-0.39, 0.29) is 42.7 Å². The van der Waals surface area contributed by atoms with Gasteiger partial charge in [-0.2, -0.15) is 8.78 Å². The number of piperazine rings is 1. The number of alkyl halides is 2. The Kier molecular flexibility index (Phi) is 10.5. The highest BCUT2D eigenvalue weighted by molar-refractivity contribution is 6.06. The zero-order chi connectivity index (χ0) is 40.8.